The third kappa shape index (κ3) is 4.10. The zero-order valence-corrected chi connectivity index (χ0v) is 13.6. The van der Waals surface area contributed by atoms with Gasteiger partial charge in [-0.15, -0.1) is 11.8 Å². The first-order valence-electron chi connectivity index (χ1n) is 7.30. The van der Waals surface area contributed by atoms with Crippen LogP contribution in [0.25, 0.3) is 0 Å². The first-order chi connectivity index (χ1) is 10.5. The fourth-order valence-electron chi connectivity index (χ4n) is 2.32. The standard InChI is InChI=1S/C16H20N2O3S/c1-11-15(20)18(16(21)12(2)22-11)10-14(19)17-9-8-13-6-4-3-5-7-13/h3-7,11-12H,8-10H2,1-2H3,(H,17,19)/t11-,12-/m1/s1. The number of imide groups is 1. The molecule has 2 rings (SSSR count). The second-order valence-electron chi connectivity index (χ2n) is 5.27. The van der Waals surface area contributed by atoms with Gasteiger partial charge in [-0.25, -0.2) is 0 Å². The molecular weight excluding hydrogens is 300 g/mol. The molecule has 5 nitrogen and oxygen atoms in total. The summed E-state index contributed by atoms with van der Waals surface area (Å²) in [6, 6.07) is 9.82. The van der Waals surface area contributed by atoms with Gasteiger partial charge >= 0.3 is 0 Å². The summed E-state index contributed by atoms with van der Waals surface area (Å²) < 4.78 is 0. The second kappa shape index (κ2) is 7.45. The second-order valence-corrected chi connectivity index (χ2v) is 6.96. The Labute approximate surface area is 134 Å². The lowest BCUT2D eigenvalue weighted by Crippen LogP contribution is -2.53. The number of nitrogens with one attached hydrogen (secondary N) is 1. The van der Waals surface area contributed by atoms with Crippen LogP contribution in [-0.4, -0.2) is 46.2 Å². The van der Waals surface area contributed by atoms with Gasteiger partial charge in [0.25, 0.3) is 0 Å². The highest BCUT2D eigenvalue weighted by atomic mass is 32.2. The Bertz CT molecular complexity index is 542. The van der Waals surface area contributed by atoms with E-state index in [1.165, 1.54) is 11.8 Å². The van der Waals surface area contributed by atoms with Crippen LogP contribution in [-0.2, 0) is 20.8 Å². The molecule has 0 bridgehead atoms. The smallest absolute Gasteiger partial charge is 0.242 e. The highest BCUT2D eigenvalue weighted by Gasteiger charge is 2.37. The lowest BCUT2D eigenvalue weighted by atomic mass is 10.1. The molecule has 1 aliphatic rings. The van der Waals surface area contributed by atoms with Crippen molar-refractivity contribution in [3.63, 3.8) is 0 Å². The van der Waals surface area contributed by atoms with Gasteiger partial charge in [-0.1, -0.05) is 30.3 Å². The molecule has 0 unspecified atom stereocenters. The summed E-state index contributed by atoms with van der Waals surface area (Å²) in [5.41, 5.74) is 1.13. The van der Waals surface area contributed by atoms with Crippen molar-refractivity contribution >= 4 is 29.5 Å². The molecule has 118 valence electrons. The minimum absolute atomic E-state index is 0.193. The van der Waals surface area contributed by atoms with E-state index in [4.69, 9.17) is 0 Å². The maximum absolute atomic E-state index is 12.0. The average Bonchev–Trinajstić information content (AvgIpc) is 2.51. The zero-order valence-electron chi connectivity index (χ0n) is 12.7. The van der Waals surface area contributed by atoms with Gasteiger partial charge in [0.2, 0.25) is 17.7 Å². The van der Waals surface area contributed by atoms with E-state index in [2.05, 4.69) is 5.32 Å². The van der Waals surface area contributed by atoms with E-state index in [0.29, 0.717) is 6.54 Å². The molecule has 0 aliphatic carbocycles. The Kier molecular flexibility index (Phi) is 5.60. The van der Waals surface area contributed by atoms with Gasteiger partial charge < -0.3 is 5.32 Å². The van der Waals surface area contributed by atoms with Gasteiger partial charge in [0.05, 0.1) is 10.5 Å². The van der Waals surface area contributed by atoms with Crippen molar-refractivity contribution in [1.29, 1.82) is 0 Å². The molecule has 1 aromatic rings. The van der Waals surface area contributed by atoms with Crippen molar-refractivity contribution < 1.29 is 14.4 Å². The maximum Gasteiger partial charge on any atom is 0.242 e. The van der Waals surface area contributed by atoms with Crippen molar-refractivity contribution in [2.24, 2.45) is 0 Å². The van der Waals surface area contributed by atoms with Crippen LogP contribution in [0.5, 0.6) is 0 Å². The molecule has 6 heteroatoms. The predicted octanol–water partition coefficient (Wildman–Crippen LogP) is 1.22. The summed E-state index contributed by atoms with van der Waals surface area (Å²) in [6.45, 7) is 3.81. The van der Waals surface area contributed by atoms with E-state index in [9.17, 15) is 14.4 Å². The molecule has 0 aromatic heterocycles. The molecule has 0 saturated carbocycles. The van der Waals surface area contributed by atoms with E-state index >= 15 is 0 Å². The highest BCUT2D eigenvalue weighted by Crippen LogP contribution is 2.26. The molecule has 1 saturated heterocycles. The van der Waals surface area contributed by atoms with Crippen molar-refractivity contribution in [3.8, 4) is 0 Å². The van der Waals surface area contributed by atoms with Crippen LogP contribution in [0.2, 0.25) is 0 Å². The van der Waals surface area contributed by atoms with Crippen LogP contribution >= 0.6 is 11.8 Å². The molecule has 0 spiro atoms. The van der Waals surface area contributed by atoms with E-state index in [-0.39, 0.29) is 34.8 Å². The molecule has 1 aliphatic heterocycles. The van der Waals surface area contributed by atoms with Gasteiger partial charge in [-0.3, -0.25) is 19.3 Å². The quantitative estimate of drug-likeness (QED) is 0.829. The van der Waals surface area contributed by atoms with E-state index in [1.807, 2.05) is 30.3 Å². The first kappa shape index (κ1) is 16.5. The van der Waals surface area contributed by atoms with Gasteiger partial charge in [-0.2, -0.15) is 0 Å². The summed E-state index contributed by atoms with van der Waals surface area (Å²) in [6.07, 6.45) is 0.719. The number of amides is 3. The predicted molar refractivity (Wildman–Crippen MR) is 86.4 cm³/mol. The van der Waals surface area contributed by atoms with Gasteiger partial charge in [0.1, 0.15) is 6.54 Å². The number of nitrogens with zero attached hydrogens (tertiary/aromatic N) is 1. The number of hydrogen-bond donors (Lipinski definition) is 1. The maximum atomic E-state index is 12.0. The van der Waals surface area contributed by atoms with Crippen molar-refractivity contribution in [1.82, 2.24) is 10.2 Å². The number of carbonyl (C=O) groups excluding carboxylic acids is 3. The van der Waals surface area contributed by atoms with Crippen LogP contribution in [0.1, 0.15) is 19.4 Å². The lowest BCUT2D eigenvalue weighted by molar-refractivity contribution is -0.147. The fraction of sp³-hybridized carbons (Fsp3) is 0.438. The number of benzene rings is 1. The average molecular weight is 320 g/mol. The third-order valence-electron chi connectivity index (χ3n) is 3.52. The normalized spacial score (nSPS) is 21.8. The van der Waals surface area contributed by atoms with E-state index in [1.54, 1.807) is 13.8 Å². The molecule has 2 atom stereocenters. The fourth-order valence-corrected chi connectivity index (χ4v) is 3.42. The van der Waals surface area contributed by atoms with Crippen LogP contribution < -0.4 is 5.32 Å². The van der Waals surface area contributed by atoms with Gasteiger partial charge in [0.15, 0.2) is 0 Å². The van der Waals surface area contributed by atoms with Crippen molar-refractivity contribution in [3.05, 3.63) is 35.9 Å². The first-order valence-corrected chi connectivity index (χ1v) is 8.24. The van der Waals surface area contributed by atoms with Crippen LogP contribution in [0.3, 0.4) is 0 Å². The Morgan fingerprint density at radius 2 is 1.73 bits per heavy atom. The third-order valence-corrected chi connectivity index (χ3v) is 4.74. The minimum Gasteiger partial charge on any atom is -0.354 e. The molecule has 1 N–H and O–H groups in total. The van der Waals surface area contributed by atoms with Crippen molar-refractivity contribution in [2.45, 2.75) is 30.8 Å². The number of hydrogen-bond acceptors (Lipinski definition) is 4. The summed E-state index contributed by atoms with van der Waals surface area (Å²) in [5, 5.41) is 2.18. The Morgan fingerprint density at radius 3 is 2.32 bits per heavy atom. The van der Waals surface area contributed by atoms with E-state index in [0.717, 1.165) is 16.9 Å². The summed E-state index contributed by atoms with van der Waals surface area (Å²) >= 11 is 1.33. The number of carbonyl (C=O) groups is 3. The molecular formula is C16H20N2O3S. The number of thioether (sulfide) groups is 1. The molecule has 22 heavy (non-hydrogen) atoms. The van der Waals surface area contributed by atoms with Crippen molar-refractivity contribution in [2.75, 3.05) is 13.1 Å². The number of rotatable bonds is 5. The van der Waals surface area contributed by atoms with Gasteiger partial charge in [0, 0.05) is 6.54 Å². The Morgan fingerprint density at radius 1 is 1.14 bits per heavy atom. The topological polar surface area (TPSA) is 66.5 Å². The molecule has 0 radical (unpaired) electrons. The van der Waals surface area contributed by atoms with Crippen LogP contribution in [0.15, 0.2) is 30.3 Å². The zero-order chi connectivity index (χ0) is 16.1. The van der Waals surface area contributed by atoms with Crippen LogP contribution in [0.4, 0.5) is 0 Å². The summed E-state index contributed by atoms with van der Waals surface area (Å²) in [4.78, 5) is 37.0. The Hall–Kier alpha value is -1.82. The largest absolute Gasteiger partial charge is 0.354 e. The lowest BCUT2D eigenvalue weighted by Gasteiger charge is -2.31. The molecule has 1 heterocycles. The van der Waals surface area contributed by atoms with Crippen LogP contribution in [0, 0.1) is 0 Å². The highest BCUT2D eigenvalue weighted by molar-refractivity contribution is 8.02. The molecule has 1 aromatic carbocycles. The Balaban J connectivity index is 1.83. The molecule has 3 amide bonds. The van der Waals surface area contributed by atoms with Gasteiger partial charge in [-0.05, 0) is 25.8 Å². The SMILES string of the molecule is C[C@H]1S[C@H](C)C(=O)N(CC(=O)NCCc2ccccc2)C1=O. The summed E-state index contributed by atoms with van der Waals surface area (Å²) in [5.74, 6) is -0.874. The summed E-state index contributed by atoms with van der Waals surface area (Å²) in [7, 11) is 0. The minimum atomic E-state index is -0.302. The van der Waals surface area contributed by atoms with E-state index < -0.39 is 0 Å². The molecule has 1 fully saturated rings. The monoisotopic (exact) mass is 320 g/mol.